The van der Waals surface area contributed by atoms with Crippen molar-refractivity contribution in [2.45, 2.75) is 45.3 Å². The van der Waals surface area contributed by atoms with Gasteiger partial charge in [0.2, 0.25) is 0 Å². The number of hydrogen-bond acceptors (Lipinski definition) is 3. The lowest BCUT2D eigenvalue weighted by atomic mass is 10.2. The molecular formula is C14H22N2O. The molecule has 1 aliphatic heterocycles. The van der Waals surface area contributed by atoms with Gasteiger partial charge in [0.1, 0.15) is 5.76 Å². The van der Waals surface area contributed by atoms with Crippen LogP contribution in [0.3, 0.4) is 0 Å². The molecular weight excluding hydrogens is 212 g/mol. The highest BCUT2D eigenvalue weighted by Crippen LogP contribution is 2.21. The smallest absolute Gasteiger partial charge is 0.118 e. The molecule has 1 atom stereocenters. The molecule has 0 bridgehead atoms. The van der Waals surface area contributed by atoms with Crippen LogP contribution in [-0.2, 0) is 13.1 Å². The van der Waals surface area contributed by atoms with Gasteiger partial charge in [-0.2, -0.15) is 0 Å². The Balaban J connectivity index is 1.49. The second-order valence-corrected chi connectivity index (χ2v) is 5.71. The number of nitrogens with one attached hydrogen (secondary N) is 1. The van der Waals surface area contributed by atoms with Crippen LogP contribution < -0.4 is 5.32 Å². The van der Waals surface area contributed by atoms with Gasteiger partial charge in [0.15, 0.2) is 0 Å². The fourth-order valence-corrected chi connectivity index (χ4v) is 2.54. The van der Waals surface area contributed by atoms with Crippen LogP contribution >= 0.6 is 0 Å². The minimum absolute atomic E-state index is 0.771. The van der Waals surface area contributed by atoms with Gasteiger partial charge < -0.3 is 9.73 Å². The molecule has 0 amide bonds. The highest BCUT2D eigenvalue weighted by Gasteiger charge is 2.21. The molecule has 2 heterocycles. The molecule has 0 aromatic carbocycles. The third-order valence-electron chi connectivity index (χ3n) is 3.77. The van der Waals surface area contributed by atoms with Crippen LogP contribution in [-0.4, -0.2) is 24.0 Å². The molecule has 2 aliphatic rings. The molecule has 1 aliphatic carbocycles. The van der Waals surface area contributed by atoms with Crippen molar-refractivity contribution in [3.63, 3.8) is 0 Å². The first-order chi connectivity index (χ1) is 8.29. The van der Waals surface area contributed by atoms with E-state index >= 15 is 0 Å². The Kier molecular flexibility index (Phi) is 3.21. The first-order valence-corrected chi connectivity index (χ1v) is 6.81. The second-order valence-electron chi connectivity index (χ2n) is 5.71. The largest absolute Gasteiger partial charge is 0.468 e. The molecule has 1 aromatic heterocycles. The molecule has 94 valence electrons. The van der Waals surface area contributed by atoms with Crippen molar-refractivity contribution in [3.05, 3.63) is 23.7 Å². The van der Waals surface area contributed by atoms with Crippen LogP contribution in [0.2, 0.25) is 0 Å². The van der Waals surface area contributed by atoms with Crippen LogP contribution in [0, 0.1) is 5.92 Å². The molecule has 3 nitrogen and oxygen atoms in total. The summed E-state index contributed by atoms with van der Waals surface area (Å²) in [5.74, 6) is 1.97. The van der Waals surface area contributed by atoms with Crippen LogP contribution in [0.25, 0.3) is 0 Å². The lowest BCUT2D eigenvalue weighted by Crippen LogP contribution is -2.19. The van der Waals surface area contributed by atoms with Gasteiger partial charge in [-0.25, -0.2) is 0 Å². The third kappa shape index (κ3) is 3.11. The van der Waals surface area contributed by atoms with Gasteiger partial charge in [-0.15, -0.1) is 0 Å². The Hall–Kier alpha value is -0.800. The Labute approximate surface area is 103 Å². The molecule has 1 aromatic rings. The van der Waals surface area contributed by atoms with E-state index in [0.717, 1.165) is 30.8 Å². The Bertz CT molecular complexity index is 370. The normalized spacial score (nSPS) is 25.6. The van der Waals surface area contributed by atoms with Crippen LogP contribution in [0.1, 0.15) is 37.5 Å². The number of rotatable bonds is 5. The minimum Gasteiger partial charge on any atom is -0.468 e. The monoisotopic (exact) mass is 234 g/mol. The molecule has 3 rings (SSSR count). The average molecular weight is 234 g/mol. The Morgan fingerprint density at radius 2 is 2.29 bits per heavy atom. The quantitative estimate of drug-likeness (QED) is 0.848. The number of hydrogen-bond donors (Lipinski definition) is 1. The van der Waals surface area contributed by atoms with E-state index in [1.54, 1.807) is 0 Å². The minimum atomic E-state index is 0.771. The Morgan fingerprint density at radius 1 is 1.41 bits per heavy atom. The molecule has 1 saturated heterocycles. The average Bonchev–Trinajstić information content (AvgIpc) is 2.90. The molecule has 17 heavy (non-hydrogen) atoms. The summed E-state index contributed by atoms with van der Waals surface area (Å²) in [6.07, 6.45) is 5.92. The summed E-state index contributed by atoms with van der Waals surface area (Å²) in [5.41, 5.74) is 1.29. The molecule has 1 N–H and O–H groups in total. The molecule has 0 spiro atoms. The van der Waals surface area contributed by atoms with E-state index in [9.17, 15) is 0 Å². The molecule has 2 fully saturated rings. The van der Waals surface area contributed by atoms with E-state index < -0.39 is 0 Å². The Morgan fingerprint density at radius 3 is 3.00 bits per heavy atom. The number of nitrogens with zero attached hydrogens (tertiary/aromatic N) is 1. The highest BCUT2D eigenvalue weighted by molar-refractivity contribution is 5.13. The summed E-state index contributed by atoms with van der Waals surface area (Å²) >= 11 is 0. The van der Waals surface area contributed by atoms with Crippen LogP contribution in [0.4, 0.5) is 0 Å². The van der Waals surface area contributed by atoms with Gasteiger partial charge in [0.25, 0.3) is 0 Å². The zero-order chi connectivity index (χ0) is 11.7. The standard InChI is InChI=1S/C14H22N2O/c1-11-4-5-16(8-11)9-14-6-12(10-17-14)7-15-13-2-3-13/h6,10-11,13,15H,2-5,7-9H2,1H3. The van der Waals surface area contributed by atoms with E-state index in [1.807, 2.05) is 6.26 Å². The maximum Gasteiger partial charge on any atom is 0.118 e. The second kappa shape index (κ2) is 4.83. The van der Waals surface area contributed by atoms with Gasteiger partial charge in [0.05, 0.1) is 12.8 Å². The zero-order valence-electron chi connectivity index (χ0n) is 10.6. The van der Waals surface area contributed by atoms with E-state index in [4.69, 9.17) is 4.42 Å². The number of furan rings is 1. The van der Waals surface area contributed by atoms with E-state index in [2.05, 4.69) is 23.2 Å². The van der Waals surface area contributed by atoms with E-state index in [-0.39, 0.29) is 0 Å². The van der Waals surface area contributed by atoms with E-state index in [0.29, 0.717) is 0 Å². The van der Waals surface area contributed by atoms with Crippen LogP contribution in [0.5, 0.6) is 0 Å². The van der Waals surface area contributed by atoms with Gasteiger partial charge in [-0.1, -0.05) is 6.92 Å². The molecule has 1 saturated carbocycles. The van der Waals surface area contributed by atoms with Crippen molar-refractivity contribution >= 4 is 0 Å². The summed E-state index contributed by atoms with van der Waals surface area (Å²) in [4.78, 5) is 2.49. The van der Waals surface area contributed by atoms with E-state index in [1.165, 1.54) is 37.9 Å². The first kappa shape index (κ1) is 11.3. The molecule has 1 unspecified atom stereocenters. The van der Waals surface area contributed by atoms with Crippen molar-refractivity contribution in [2.75, 3.05) is 13.1 Å². The first-order valence-electron chi connectivity index (χ1n) is 6.81. The number of likely N-dealkylation sites (tertiary alicyclic amines) is 1. The lowest BCUT2D eigenvalue weighted by molar-refractivity contribution is 0.289. The summed E-state index contributed by atoms with van der Waals surface area (Å²) in [6.45, 7) is 6.71. The SMILES string of the molecule is CC1CCN(Cc2cc(CNC3CC3)co2)C1. The maximum atomic E-state index is 5.63. The van der Waals surface area contributed by atoms with Gasteiger partial charge >= 0.3 is 0 Å². The third-order valence-corrected chi connectivity index (χ3v) is 3.77. The van der Waals surface area contributed by atoms with Crippen molar-refractivity contribution in [3.8, 4) is 0 Å². The highest BCUT2D eigenvalue weighted by atomic mass is 16.3. The van der Waals surface area contributed by atoms with Crippen molar-refractivity contribution in [2.24, 2.45) is 5.92 Å². The topological polar surface area (TPSA) is 28.4 Å². The maximum absolute atomic E-state index is 5.63. The summed E-state index contributed by atoms with van der Waals surface area (Å²) in [7, 11) is 0. The van der Waals surface area contributed by atoms with Crippen molar-refractivity contribution < 1.29 is 4.42 Å². The molecule has 3 heteroatoms. The molecule has 0 radical (unpaired) electrons. The van der Waals surface area contributed by atoms with Crippen LogP contribution in [0.15, 0.2) is 16.7 Å². The predicted octanol–water partition coefficient (Wildman–Crippen LogP) is 2.37. The van der Waals surface area contributed by atoms with Gasteiger partial charge in [0, 0.05) is 24.7 Å². The van der Waals surface area contributed by atoms with Crippen molar-refractivity contribution in [1.29, 1.82) is 0 Å². The summed E-state index contributed by atoms with van der Waals surface area (Å²) < 4.78 is 5.63. The fraction of sp³-hybridized carbons (Fsp3) is 0.714. The van der Waals surface area contributed by atoms with Gasteiger partial charge in [-0.3, -0.25) is 4.90 Å². The lowest BCUT2D eigenvalue weighted by Gasteiger charge is -2.12. The van der Waals surface area contributed by atoms with Gasteiger partial charge in [-0.05, 0) is 37.8 Å². The van der Waals surface area contributed by atoms with Crippen molar-refractivity contribution in [1.82, 2.24) is 10.2 Å². The summed E-state index contributed by atoms with van der Waals surface area (Å²) in [5, 5.41) is 3.51. The fourth-order valence-electron chi connectivity index (χ4n) is 2.54. The predicted molar refractivity (Wildman–Crippen MR) is 67.6 cm³/mol. The summed E-state index contributed by atoms with van der Waals surface area (Å²) in [6, 6.07) is 2.98. The zero-order valence-corrected chi connectivity index (χ0v) is 10.6.